The van der Waals surface area contributed by atoms with E-state index in [-0.39, 0.29) is 17.7 Å². The fourth-order valence-corrected chi connectivity index (χ4v) is 4.54. The van der Waals surface area contributed by atoms with Gasteiger partial charge in [0.2, 0.25) is 5.89 Å². The van der Waals surface area contributed by atoms with Gasteiger partial charge in [-0.2, -0.15) is 4.98 Å². The molecule has 0 radical (unpaired) electrons. The normalized spacial score (nSPS) is 30.9. The summed E-state index contributed by atoms with van der Waals surface area (Å²) in [4.78, 5) is 4.37. The Bertz CT molecular complexity index is 519. The molecule has 0 amide bonds. The highest BCUT2D eigenvalue weighted by Gasteiger charge is 2.30. The van der Waals surface area contributed by atoms with Crippen LogP contribution in [0, 0.1) is 5.92 Å². The smallest absolute Gasteiger partial charge is 0.243 e. The van der Waals surface area contributed by atoms with Crippen LogP contribution in [0.25, 0.3) is 0 Å². The van der Waals surface area contributed by atoms with E-state index in [1.165, 1.54) is 0 Å². The summed E-state index contributed by atoms with van der Waals surface area (Å²) < 4.78 is 28.0. The van der Waals surface area contributed by atoms with E-state index < -0.39 is 9.84 Å². The van der Waals surface area contributed by atoms with Gasteiger partial charge in [-0.1, -0.05) is 5.16 Å². The zero-order valence-corrected chi connectivity index (χ0v) is 10.9. The second-order valence-corrected chi connectivity index (χ2v) is 7.40. The summed E-state index contributed by atoms with van der Waals surface area (Å²) in [6, 6.07) is 0.179. The number of sulfone groups is 1. The van der Waals surface area contributed by atoms with Crippen molar-refractivity contribution in [2.24, 2.45) is 5.92 Å². The topological polar surface area (TPSA) is 85.1 Å². The van der Waals surface area contributed by atoms with E-state index in [9.17, 15) is 8.42 Å². The van der Waals surface area contributed by atoms with Gasteiger partial charge in [0.15, 0.2) is 15.7 Å². The van der Waals surface area contributed by atoms with Crippen LogP contribution in [-0.4, -0.2) is 36.6 Å². The Balaban J connectivity index is 1.63. The third-order valence-corrected chi connectivity index (χ3v) is 5.48. The van der Waals surface area contributed by atoms with Gasteiger partial charge in [-0.05, 0) is 31.7 Å². The molecule has 2 fully saturated rings. The Morgan fingerprint density at radius 2 is 2.28 bits per heavy atom. The first-order chi connectivity index (χ1) is 8.62. The van der Waals surface area contributed by atoms with Gasteiger partial charge < -0.3 is 9.84 Å². The highest BCUT2D eigenvalue weighted by atomic mass is 32.2. The van der Waals surface area contributed by atoms with Crippen LogP contribution < -0.4 is 5.32 Å². The predicted octanol–water partition coefficient (Wildman–Crippen LogP) is 0.471. The molecule has 0 aromatic carbocycles. The summed E-state index contributed by atoms with van der Waals surface area (Å²) in [5.41, 5.74) is 0. The van der Waals surface area contributed by atoms with E-state index in [0.717, 1.165) is 19.4 Å². The molecule has 6 nitrogen and oxygen atoms in total. The Morgan fingerprint density at radius 1 is 1.39 bits per heavy atom. The van der Waals surface area contributed by atoms with Crippen molar-refractivity contribution in [3.05, 3.63) is 11.7 Å². The summed E-state index contributed by atoms with van der Waals surface area (Å²) in [5, 5.41) is 7.25. The molecular formula is C11H17N3O3S. The van der Waals surface area contributed by atoms with Crippen molar-refractivity contribution in [1.82, 2.24) is 15.5 Å². The highest BCUT2D eigenvalue weighted by molar-refractivity contribution is 7.91. The van der Waals surface area contributed by atoms with Gasteiger partial charge in [0.1, 0.15) is 0 Å². The van der Waals surface area contributed by atoms with Crippen LogP contribution in [0.4, 0.5) is 0 Å². The molecule has 1 aromatic heterocycles. The van der Waals surface area contributed by atoms with Gasteiger partial charge in [-0.15, -0.1) is 0 Å². The number of hydrogen-bond acceptors (Lipinski definition) is 6. The van der Waals surface area contributed by atoms with Gasteiger partial charge in [-0.25, -0.2) is 8.42 Å². The summed E-state index contributed by atoms with van der Waals surface area (Å²) in [7, 11) is -2.82. The molecule has 2 unspecified atom stereocenters. The van der Waals surface area contributed by atoms with Gasteiger partial charge in [0.05, 0.1) is 17.5 Å². The molecule has 3 rings (SSSR count). The zero-order valence-electron chi connectivity index (χ0n) is 10.1. The standard InChI is InChI=1S/C11H17N3O3S/c15-18(16)5-3-8(7-18)6-10-13-11(17-14-10)9-2-1-4-12-9/h8-9,12H,1-7H2. The molecule has 0 bridgehead atoms. The average molecular weight is 271 g/mol. The van der Waals surface area contributed by atoms with Gasteiger partial charge >= 0.3 is 0 Å². The molecule has 2 saturated heterocycles. The van der Waals surface area contributed by atoms with Gasteiger partial charge in [0, 0.05) is 6.42 Å². The Morgan fingerprint density at radius 3 is 2.94 bits per heavy atom. The molecule has 2 aliphatic heterocycles. The van der Waals surface area contributed by atoms with E-state index in [0.29, 0.717) is 30.3 Å². The molecule has 18 heavy (non-hydrogen) atoms. The summed E-state index contributed by atoms with van der Waals surface area (Å²) in [6.07, 6.45) is 3.48. The third kappa shape index (κ3) is 2.56. The largest absolute Gasteiger partial charge is 0.338 e. The molecule has 7 heteroatoms. The minimum absolute atomic E-state index is 0.150. The van der Waals surface area contributed by atoms with Crippen molar-refractivity contribution in [1.29, 1.82) is 0 Å². The quantitative estimate of drug-likeness (QED) is 0.860. The maximum Gasteiger partial charge on any atom is 0.243 e. The first kappa shape index (κ1) is 12.1. The summed E-state index contributed by atoms with van der Waals surface area (Å²) in [6.45, 7) is 0.989. The fourth-order valence-electron chi connectivity index (χ4n) is 2.68. The number of aromatic nitrogens is 2. The lowest BCUT2D eigenvalue weighted by Crippen LogP contribution is -2.13. The number of hydrogen-bond donors (Lipinski definition) is 1. The monoisotopic (exact) mass is 271 g/mol. The van der Waals surface area contributed by atoms with Crippen molar-refractivity contribution in [2.45, 2.75) is 31.7 Å². The third-order valence-electron chi connectivity index (χ3n) is 3.64. The van der Waals surface area contributed by atoms with Crippen LogP contribution in [0.2, 0.25) is 0 Å². The van der Waals surface area contributed by atoms with E-state index in [4.69, 9.17) is 4.52 Å². The lowest BCUT2D eigenvalue weighted by atomic mass is 10.1. The second kappa shape index (κ2) is 4.62. The molecule has 0 saturated carbocycles. The number of nitrogens with one attached hydrogen (secondary N) is 1. The Kier molecular flexibility index (Phi) is 3.11. The maximum absolute atomic E-state index is 11.4. The number of nitrogens with zero attached hydrogens (tertiary/aromatic N) is 2. The van der Waals surface area contributed by atoms with Crippen LogP contribution in [-0.2, 0) is 16.3 Å². The highest BCUT2D eigenvalue weighted by Crippen LogP contribution is 2.24. The molecule has 2 atom stereocenters. The minimum Gasteiger partial charge on any atom is -0.338 e. The maximum atomic E-state index is 11.4. The molecular weight excluding hydrogens is 254 g/mol. The van der Waals surface area contributed by atoms with Crippen LogP contribution in [0.15, 0.2) is 4.52 Å². The molecule has 3 heterocycles. The van der Waals surface area contributed by atoms with Crippen molar-refractivity contribution in [3.8, 4) is 0 Å². The molecule has 1 N–H and O–H groups in total. The first-order valence-electron chi connectivity index (χ1n) is 6.39. The second-order valence-electron chi connectivity index (χ2n) is 5.17. The van der Waals surface area contributed by atoms with E-state index in [1.807, 2.05) is 0 Å². The minimum atomic E-state index is -2.82. The molecule has 0 aliphatic carbocycles. The van der Waals surface area contributed by atoms with Crippen LogP contribution in [0.5, 0.6) is 0 Å². The molecule has 2 aliphatic rings. The van der Waals surface area contributed by atoms with Crippen molar-refractivity contribution < 1.29 is 12.9 Å². The Labute approximate surface area is 106 Å². The van der Waals surface area contributed by atoms with Gasteiger partial charge in [-0.3, -0.25) is 0 Å². The average Bonchev–Trinajstić information content (AvgIpc) is 2.99. The van der Waals surface area contributed by atoms with Crippen molar-refractivity contribution in [3.63, 3.8) is 0 Å². The molecule has 1 aromatic rings. The van der Waals surface area contributed by atoms with Crippen LogP contribution in [0.3, 0.4) is 0 Å². The van der Waals surface area contributed by atoms with E-state index in [2.05, 4.69) is 15.5 Å². The Hall–Kier alpha value is -0.950. The first-order valence-corrected chi connectivity index (χ1v) is 8.21. The number of rotatable bonds is 3. The predicted molar refractivity (Wildman–Crippen MR) is 64.7 cm³/mol. The lowest BCUT2D eigenvalue weighted by Gasteiger charge is -2.03. The lowest BCUT2D eigenvalue weighted by molar-refractivity contribution is 0.339. The van der Waals surface area contributed by atoms with Crippen LogP contribution >= 0.6 is 0 Å². The summed E-state index contributed by atoms with van der Waals surface area (Å²) >= 11 is 0. The van der Waals surface area contributed by atoms with Crippen molar-refractivity contribution >= 4 is 9.84 Å². The van der Waals surface area contributed by atoms with Crippen molar-refractivity contribution in [2.75, 3.05) is 18.1 Å². The van der Waals surface area contributed by atoms with E-state index in [1.54, 1.807) is 0 Å². The van der Waals surface area contributed by atoms with Crippen LogP contribution in [0.1, 0.15) is 37.0 Å². The van der Waals surface area contributed by atoms with Gasteiger partial charge in [0.25, 0.3) is 0 Å². The summed E-state index contributed by atoms with van der Waals surface area (Å²) in [5.74, 6) is 1.99. The van der Waals surface area contributed by atoms with E-state index >= 15 is 0 Å². The zero-order chi connectivity index (χ0) is 12.6. The molecule has 0 spiro atoms. The molecule has 100 valence electrons. The fraction of sp³-hybridized carbons (Fsp3) is 0.818. The SMILES string of the molecule is O=S1(=O)CCC(Cc2noc(C3CCCN3)n2)C1.